The normalized spacial score (nSPS) is 11.9. The fourth-order valence-corrected chi connectivity index (χ4v) is 2.03. The number of nitrogens with one attached hydrogen (secondary N) is 1. The number of aromatic nitrogens is 1. The molecule has 1 aromatic carbocycles. The van der Waals surface area contributed by atoms with E-state index in [-0.39, 0.29) is 16.6 Å². The Hall–Kier alpha value is -1.37. The van der Waals surface area contributed by atoms with E-state index in [0.29, 0.717) is 4.47 Å². The van der Waals surface area contributed by atoms with E-state index in [4.69, 9.17) is 0 Å². The van der Waals surface area contributed by atoms with Crippen LogP contribution in [0.3, 0.4) is 0 Å². The van der Waals surface area contributed by atoms with Crippen LogP contribution in [0.1, 0.15) is 5.69 Å². The number of alkyl halides is 3. The number of hydrogen-bond donors (Lipinski definition) is 1. The van der Waals surface area contributed by atoms with E-state index in [1.54, 1.807) is 0 Å². The van der Waals surface area contributed by atoms with Crippen molar-refractivity contribution in [2.45, 2.75) is 6.18 Å². The number of benzene rings is 1. The predicted octanol–water partition coefficient (Wildman–Crippen LogP) is 4.20. The zero-order valence-corrected chi connectivity index (χ0v) is 10.7. The maximum Gasteiger partial charge on any atom is 0.433 e. The van der Waals surface area contributed by atoms with Gasteiger partial charge in [0.1, 0.15) is 11.5 Å². The van der Waals surface area contributed by atoms with Crippen molar-refractivity contribution in [1.29, 1.82) is 0 Å². The zero-order valence-electron chi connectivity index (χ0n) is 9.07. The van der Waals surface area contributed by atoms with Crippen molar-refractivity contribution in [3.05, 3.63) is 34.2 Å². The summed E-state index contributed by atoms with van der Waals surface area (Å²) >= 11 is 3.07. The Morgan fingerprint density at radius 3 is 2.50 bits per heavy atom. The fourth-order valence-electron chi connectivity index (χ4n) is 1.61. The van der Waals surface area contributed by atoms with Gasteiger partial charge in [-0.1, -0.05) is 0 Å². The molecule has 0 atom stereocenters. The molecule has 0 aliphatic rings. The van der Waals surface area contributed by atoms with Crippen LogP contribution in [0.2, 0.25) is 0 Å². The van der Waals surface area contributed by atoms with Gasteiger partial charge in [-0.25, -0.2) is 9.37 Å². The highest BCUT2D eigenvalue weighted by Gasteiger charge is 2.33. The second-order valence-corrected chi connectivity index (χ2v) is 4.41. The van der Waals surface area contributed by atoms with Crippen molar-refractivity contribution in [3.8, 4) is 0 Å². The minimum Gasteiger partial charge on any atom is -0.387 e. The standard InChI is InChI=1S/C11H7BrF4N2/c1-17-7-4-8(11(14,15)16)18-10-5(12)2-3-6(13)9(7)10/h2-4H,1H3,(H,17,18). The maximum atomic E-state index is 13.7. The monoisotopic (exact) mass is 322 g/mol. The number of pyridine rings is 1. The summed E-state index contributed by atoms with van der Waals surface area (Å²) in [6.07, 6.45) is -4.58. The number of halogens is 5. The van der Waals surface area contributed by atoms with Crippen LogP contribution in [0.5, 0.6) is 0 Å². The highest BCUT2D eigenvalue weighted by Crippen LogP contribution is 2.36. The zero-order chi connectivity index (χ0) is 13.5. The lowest BCUT2D eigenvalue weighted by molar-refractivity contribution is -0.140. The average molecular weight is 323 g/mol. The first-order valence-electron chi connectivity index (χ1n) is 4.88. The summed E-state index contributed by atoms with van der Waals surface area (Å²) < 4.78 is 52.0. The molecular formula is C11H7BrF4N2. The molecule has 0 radical (unpaired) electrons. The molecule has 96 valence electrons. The van der Waals surface area contributed by atoms with Crippen LogP contribution < -0.4 is 5.32 Å². The smallest absolute Gasteiger partial charge is 0.387 e. The Morgan fingerprint density at radius 1 is 1.28 bits per heavy atom. The molecule has 7 heteroatoms. The van der Waals surface area contributed by atoms with Crippen LogP contribution in [-0.4, -0.2) is 12.0 Å². The van der Waals surface area contributed by atoms with Gasteiger partial charge in [-0.15, -0.1) is 0 Å². The Kier molecular flexibility index (Phi) is 3.18. The second kappa shape index (κ2) is 4.38. The molecule has 1 N–H and O–H groups in total. The van der Waals surface area contributed by atoms with Crippen molar-refractivity contribution in [2.75, 3.05) is 12.4 Å². The Morgan fingerprint density at radius 2 is 1.94 bits per heavy atom. The van der Waals surface area contributed by atoms with E-state index in [0.717, 1.165) is 6.07 Å². The van der Waals surface area contributed by atoms with Gasteiger partial charge >= 0.3 is 6.18 Å². The molecule has 1 aromatic heterocycles. The number of hydrogen-bond acceptors (Lipinski definition) is 2. The van der Waals surface area contributed by atoms with Crippen LogP contribution >= 0.6 is 15.9 Å². The molecule has 0 aliphatic heterocycles. The SMILES string of the molecule is CNc1cc(C(F)(F)F)nc2c(Br)ccc(F)c12. The predicted molar refractivity (Wildman–Crippen MR) is 63.9 cm³/mol. The molecule has 0 amide bonds. The quantitative estimate of drug-likeness (QED) is 0.796. The molecular weight excluding hydrogens is 316 g/mol. The van der Waals surface area contributed by atoms with Crippen molar-refractivity contribution in [2.24, 2.45) is 0 Å². The highest BCUT2D eigenvalue weighted by atomic mass is 79.9. The van der Waals surface area contributed by atoms with Crippen molar-refractivity contribution >= 4 is 32.5 Å². The van der Waals surface area contributed by atoms with Crippen LogP contribution in [0.4, 0.5) is 23.2 Å². The minimum atomic E-state index is -4.58. The van der Waals surface area contributed by atoms with Crippen molar-refractivity contribution in [3.63, 3.8) is 0 Å². The van der Waals surface area contributed by atoms with Gasteiger partial charge in [0.05, 0.1) is 10.9 Å². The molecule has 0 unspecified atom stereocenters. The van der Waals surface area contributed by atoms with Crippen LogP contribution in [0, 0.1) is 5.82 Å². The van der Waals surface area contributed by atoms with Crippen LogP contribution in [0.15, 0.2) is 22.7 Å². The molecule has 2 rings (SSSR count). The molecule has 0 spiro atoms. The summed E-state index contributed by atoms with van der Waals surface area (Å²) in [5.74, 6) is -0.626. The third-order valence-corrected chi connectivity index (χ3v) is 3.06. The molecule has 0 fully saturated rings. The van der Waals surface area contributed by atoms with E-state index in [2.05, 4.69) is 26.2 Å². The molecule has 0 saturated carbocycles. The molecule has 2 aromatic rings. The fraction of sp³-hybridized carbons (Fsp3) is 0.182. The van der Waals surface area contributed by atoms with Gasteiger partial charge in [-0.05, 0) is 34.1 Å². The third-order valence-electron chi connectivity index (χ3n) is 2.42. The molecule has 0 saturated heterocycles. The first kappa shape index (κ1) is 13.1. The Balaban J connectivity index is 2.88. The van der Waals surface area contributed by atoms with E-state index >= 15 is 0 Å². The second-order valence-electron chi connectivity index (χ2n) is 3.56. The van der Waals surface area contributed by atoms with Gasteiger partial charge in [0.15, 0.2) is 0 Å². The maximum absolute atomic E-state index is 13.7. The van der Waals surface area contributed by atoms with Gasteiger partial charge < -0.3 is 5.32 Å². The average Bonchev–Trinajstić information content (AvgIpc) is 2.31. The van der Waals surface area contributed by atoms with Crippen LogP contribution in [-0.2, 0) is 6.18 Å². The third kappa shape index (κ3) is 2.14. The summed E-state index contributed by atoms with van der Waals surface area (Å²) in [4.78, 5) is 3.46. The molecule has 2 nitrogen and oxygen atoms in total. The van der Waals surface area contributed by atoms with Gasteiger partial charge in [-0.3, -0.25) is 0 Å². The van der Waals surface area contributed by atoms with Gasteiger partial charge in [-0.2, -0.15) is 13.2 Å². The lowest BCUT2D eigenvalue weighted by Crippen LogP contribution is -2.09. The van der Waals surface area contributed by atoms with Crippen LogP contribution in [0.25, 0.3) is 10.9 Å². The largest absolute Gasteiger partial charge is 0.433 e. The minimum absolute atomic E-state index is 0.0277. The summed E-state index contributed by atoms with van der Waals surface area (Å²) in [6, 6.07) is 3.28. The summed E-state index contributed by atoms with van der Waals surface area (Å²) in [7, 11) is 1.43. The number of nitrogens with zero attached hydrogens (tertiary/aromatic N) is 1. The summed E-state index contributed by atoms with van der Waals surface area (Å²) in [5, 5.41) is 2.58. The summed E-state index contributed by atoms with van der Waals surface area (Å²) in [6.45, 7) is 0. The summed E-state index contributed by atoms with van der Waals surface area (Å²) in [5.41, 5.74) is -1.08. The number of fused-ring (bicyclic) bond motifs is 1. The molecule has 0 aliphatic carbocycles. The Labute approximate surface area is 108 Å². The molecule has 1 heterocycles. The van der Waals surface area contributed by atoms with E-state index in [9.17, 15) is 17.6 Å². The number of rotatable bonds is 1. The first-order valence-corrected chi connectivity index (χ1v) is 5.67. The van der Waals surface area contributed by atoms with Crippen molar-refractivity contribution < 1.29 is 17.6 Å². The first-order chi connectivity index (χ1) is 8.34. The topological polar surface area (TPSA) is 24.9 Å². The van der Waals surface area contributed by atoms with E-state index in [1.165, 1.54) is 19.2 Å². The highest BCUT2D eigenvalue weighted by molar-refractivity contribution is 9.10. The lowest BCUT2D eigenvalue weighted by Gasteiger charge is -2.12. The molecule has 18 heavy (non-hydrogen) atoms. The number of anilines is 1. The van der Waals surface area contributed by atoms with Crippen molar-refractivity contribution in [1.82, 2.24) is 4.98 Å². The van der Waals surface area contributed by atoms with E-state index < -0.39 is 17.7 Å². The lowest BCUT2D eigenvalue weighted by atomic mass is 10.1. The van der Waals surface area contributed by atoms with E-state index in [1.807, 2.05) is 0 Å². The van der Waals surface area contributed by atoms with Gasteiger partial charge in [0.25, 0.3) is 0 Å². The van der Waals surface area contributed by atoms with Gasteiger partial charge in [0.2, 0.25) is 0 Å². The Bertz CT molecular complexity index is 610. The molecule has 0 bridgehead atoms. The van der Waals surface area contributed by atoms with Gasteiger partial charge in [0, 0.05) is 17.2 Å².